The normalized spacial score (nSPS) is 14.7. The van der Waals surface area contributed by atoms with E-state index in [0.717, 1.165) is 12.1 Å². The molecule has 3 heteroatoms. The van der Waals surface area contributed by atoms with Crippen LogP contribution in [0, 0.1) is 0 Å². The molecule has 0 heterocycles. The van der Waals surface area contributed by atoms with E-state index in [0.29, 0.717) is 6.54 Å². The SMILES string of the molecule is CCC(C)(O)CNc1cccc(SC)c1. The molecule has 2 N–H and O–H groups in total. The van der Waals surface area contributed by atoms with Crippen molar-refractivity contribution < 1.29 is 5.11 Å². The highest BCUT2D eigenvalue weighted by atomic mass is 32.2. The van der Waals surface area contributed by atoms with Crippen LogP contribution in [0.4, 0.5) is 5.69 Å². The third kappa shape index (κ3) is 4.14. The predicted molar refractivity (Wildman–Crippen MR) is 67.6 cm³/mol. The Hall–Kier alpha value is -0.670. The number of anilines is 1. The van der Waals surface area contributed by atoms with E-state index in [1.54, 1.807) is 11.8 Å². The summed E-state index contributed by atoms with van der Waals surface area (Å²) in [5, 5.41) is 13.1. The highest BCUT2D eigenvalue weighted by molar-refractivity contribution is 7.98. The van der Waals surface area contributed by atoms with E-state index in [-0.39, 0.29) is 0 Å². The summed E-state index contributed by atoms with van der Waals surface area (Å²) in [6.07, 6.45) is 2.81. The second-order valence-corrected chi connectivity index (χ2v) is 4.82. The number of thioether (sulfide) groups is 1. The van der Waals surface area contributed by atoms with Gasteiger partial charge in [-0.1, -0.05) is 13.0 Å². The summed E-state index contributed by atoms with van der Waals surface area (Å²) in [7, 11) is 0. The zero-order chi connectivity index (χ0) is 11.3. The van der Waals surface area contributed by atoms with Crippen molar-refractivity contribution in [2.24, 2.45) is 0 Å². The van der Waals surface area contributed by atoms with Gasteiger partial charge in [0.05, 0.1) is 5.60 Å². The molecule has 0 aromatic heterocycles. The van der Waals surface area contributed by atoms with E-state index < -0.39 is 5.60 Å². The summed E-state index contributed by atoms with van der Waals surface area (Å²) in [5.41, 5.74) is 0.436. The fraction of sp³-hybridized carbons (Fsp3) is 0.500. The van der Waals surface area contributed by atoms with Crippen LogP contribution in [0.5, 0.6) is 0 Å². The first kappa shape index (κ1) is 12.4. The minimum Gasteiger partial charge on any atom is -0.388 e. The lowest BCUT2D eigenvalue weighted by Crippen LogP contribution is -2.32. The quantitative estimate of drug-likeness (QED) is 0.756. The van der Waals surface area contributed by atoms with Crippen LogP contribution in [0.2, 0.25) is 0 Å². The Bertz CT molecular complexity index is 312. The molecule has 0 saturated heterocycles. The minimum absolute atomic E-state index is 0.585. The van der Waals surface area contributed by atoms with Gasteiger partial charge in [-0.3, -0.25) is 0 Å². The molecule has 0 bridgehead atoms. The third-order valence-electron chi connectivity index (χ3n) is 2.50. The highest BCUT2D eigenvalue weighted by Gasteiger charge is 2.16. The molecule has 1 atom stereocenters. The molecule has 15 heavy (non-hydrogen) atoms. The zero-order valence-corrected chi connectivity index (χ0v) is 10.4. The maximum Gasteiger partial charge on any atom is 0.0788 e. The molecule has 0 spiro atoms. The Morgan fingerprint density at radius 2 is 2.20 bits per heavy atom. The van der Waals surface area contributed by atoms with Gasteiger partial charge in [-0.25, -0.2) is 0 Å². The smallest absolute Gasteiger partial charge is 0.0788 e. The summed E-state index contributed by atoms with van der Waals surface area (Å²) >= 11 is 1.72. The van der Waals surface area contributed by atoms with Crippen molar-refractivity contribution in [2.75, 3.05) is 18.1 Å². The number of hydrogen-bond donors (Lipinski definition) is 2. The molecule has 84 valence electrons. The number of aliphatic hydroxyl groups is 1. The molecule has 0 aliphatic heterocycles. The molecular weight excluding hydrogens is 206 g/mol. The van der Waals surface area contributed by atoms with Crippen molar-refractivity contribution in [2.45, 2.75) is 30.8 Å². The fourth-order valence-corrected chi connectivity index (χ4v) is 1.61. The number of benzene rings is 1. The zero-order valence-electron chi connectivity index (χ0n) is 9.58. The van der Waals surface area contributed by atoms with Gasteiger partial charge in [0.1, 0.15) is 0 Å². The lowest BCUT2D eigenvalue weighted by molar-refractivity contribution is 0.0697. The molecule has 1 aromatic rings. The molecule has 0 aliphatic rings. The van der Waals surface area contributed by atoms with Gasteiger partial charge in [-0.2, -0.15) is 0 Å². The first-order valence-electron chi connectivity index (χ1n) is 5.18. The standard InChI is InChI=1S/C12H19NOS/c1-4-12(2,14)9-13-10-6-5-7-11(8-10)15-3/h5-8,13-14H,4,9H2,1-3H3. The van der Waals surface area contributed by atoms with E-state index in [1.165, 1.54) is 4.90 Å². The van der Waals surface area contributed by atoms with Gasteiger partial charge in [0.25, 0.3) is 0 Å². The van der Waals surface area contributed by atoms with Crippen molar-refractivity contribution in [1.82, 2.24) is 0 Å². The molecule has 0 saturated carbocycles. The van der Waals surface area contributed by atoms with E-state index in [9.17, 15) is 5.11 Å². The second-order valence-electron chi connectivity index (χ2n) is 3.94. The Morgan fingerprint density at radius 1 is 1.47 bits per heavy atom. The van der Waals surface area contributed by atoms with E-state index in [4.69, 9.17) is 0 Å². The number of hydrogen-bond acceptors (Lipinski definition) is 3. The number of nitrogens with one attached hydrogen (secondary N) is 1. The van der Waals surface area contributed by atoms with Crippen LogP contribution in [0.3, 0.4) is 0 Å². The first-order valence-corrected chi connectivity index (χ1v) is 6.40. The fourth-order valence-electron chi connectivity index (χ4n) is 1.15. The van der Waals surface area contributed by atoms with Gasteiger partial charge in [-0.05, 0) is 37.8 Å². The van der Waals surface area contributed by atoms with Crippen LogP contribution in [0.1, 0.15) is 20.3 Å². The first-order chi connectivity index (χ1) is 7.07. The topological polar surface area (TPSA) is 32.3 Å². The molecule has 1 aromatic carbocycles. The highest BCUT2D eigenvalue weighted by Crippen LogP contribution is 2.19. The monoisotopic (exact) mass is 225 g/mol. The number of rotatable bonds is 5. The van der Waals surface area contributed by atoms with Crippen molar-refractivity contribution in [3.05, 3.63) is 24.3 Å². The Kier molecular flexibility index (Phi) is 4.48. The Balaban J connectivity index is 2.57. The summed E-state index contributed by atoms with van der Waals surface area (Å²) in [4.78, 5) is 1.23. The van der Waals surface area contributed by atoms with Crippen LogP contribution < -0.4 is 5.32 Å². The van der Waals surface area contributed by atoms with Crippen LogP contribution >= 0.6 is 11.8 Å². The summed E-state index contributed by atoms with van der Waals surface area (Å²) in [6, 6.07) is 8.21. The third-order valence-corrected chi connectivity index (χ3v) is 3.23. The maximum absolute atomic E-state index is 9.84. The van der Waals surface area contributed by atoms with Gasteiger partial charge in [0.2, 0.25) is 0 Å². The van der Waals surface area contributed by atoms with E-state index >= 15 is 0 Å². The molecular formula is C12H19NOS. The molecule has 2 nitrogen and oxygen atoms in total. The molecule has 1 unspecified atom stereocenters. The molecule has 1 rings (SSSR count). The average Bonchev–Trinajstić information content (AvgIpc) is 2.27. The van der Waals surface area contributed by atoms with Gasteiger partial charge in [0.15, 0.2) is 0 Å². The van der Waals surface area contributed by atoms with Gasteiger partial charge < -0.3 is 10.4 Å². The van der Waals surface area contributed by atoms with Crippen LogP contribution in [0.25, 0.3) is 0 Å². The maximum atomic E-state index is 9.84. The molecule has 0 fully saturated rings. The van der Waals surface area contributed by atoms with Crippen molar-refractivity contribution >= 4 is 17.4 Å². The van der Waals surface area contributed by atoms with Crippen molar-refractivity contribution in [3.63, 3.8) is 0 Å². The van der Waals surface area contributed by atoms with Crippen molar-refractivity contribution in [3.8, 4) is 0 Å². The van der Waals surface area contributed by atoms with E-state index in [1.807, 2.05) is 26.0 Å². The lowest BCUT2D eigenvalue weighted by Gasteiger charge is -2.22. The lowest BCUT2D eigenvalue weighted by atomic mass is 10.0. The second kappa shape index (κ2) is 5.42. The van der Waals surface area contributed by atoms with Gasteiger partial charge in [-0.15, -0.1) is 11.8 Å². The summed E-state index contributed by atoms with van der Waals surface area (Å²) in [5.74, 6) is 0. The average molecular weight is 225 g/mol. The molecule has 0 aliphatic carbocycles. The Morgan fingerprint density at radius 3 is 2.80 bits per heavy atom. The Labute approximate surface area is 96.1 Å². The van der Waals surface area contributed by atoms with Gasteiger partial charge >= 0.3 is 0 Å². The van der Waals surface area contributed by atoms with E-state index in [2.05, 4.69) is 23.7 Å². The summed E-state index contributed by atoms with van der Waals surface area (Å²) in [6.45, 7) is 4.42. The van der Waals surface area contributed by atoms with Crippen LogP contribution in [-0.4, -0.2) is 23.5 Å². The minimum atomic E-state index is -0.630. The summed E-state index contributed by atoms with van der Waals surface area (Å²) < 4.78 is 0. The van der Waals surface area contributed by atoms with Crippen molar-refractivity contribution in [1.29, 1.82) is 0 Å². The van der Waals surface area contributed by atoms with Crippen LogP contribution in [0.15, 0.2) is 29.2 Å². The van der Waals surface area contributed by atoms with Crippen LogP contribution in [-0.2, 0) is 0 Å². The predicted octanol–water partition coefficient (Wildman–Crippen LogP) is 2.98. The molecule has 0 amide bonds. The largest absolute Gasteiger partial charge is 0.388 e. The van der Waals surface area contributed by atoms with Gasteiger partial charge in [0, 0.05) is 17.1 Å². The molecule has 0 radical (unpaired) electrons.